The number of hydrogen-bond acceptors (Lipinski definition) is 3. The minimum atomic E-state index is 0.191. The summed E-state index contributed by atoms with van der Waals surface area (Å²) in [5.74, 6) is 0.444. The number of nitrogens with one attached hydrogen (secondary N) is 1. The summed E-state index contributed by atoms with van der Waals surface area (Å²) in [5.41, 5.74) is 0.995. The van der Waals surface area contributed by atoms with Gasteiger partial charge in [0.05, 0.1) is 6.54 Å². The minimum absolute atomic E-state index is 0.191. The molecule has 0 unspecified atom stereocenters. The third-order valence-electron chi connectivity index (χ3n) is 1.98. The van der Waals surface area contributed by atoms with Crippen molar-refractivity contribution in [2.75, 3.05) is 13.6 Å². The van der Waals surface area contributed by atoms with E-state index in [1.165, 1.54) is 0 Å². The van der Waals surface area contributed by atoms with Crippen molar-refractivity contribution in [3.8, 4) is 5.75 Å². The van der Waals surface area contributed by atoms with Crippen LogP contribution in [0.1, 0.15) is 12.0 Å². The smallest absolute Gasteiger partial charge is 0.146 e. The van der Waals surface area contributed by atoms with Crippen LogP contribution in [0.3, 0.4) is 0 Å². The fourth-order valence-corrected chi connectivity index (χ4v) is 1.28. The van der Waals surface area contributed by atoms with E-state index in [0.29, 0.717) is 19.4 Å². The average Bonchev–Trinajstić information content (AvgIpc) is 2.15. The van der Waals surface area contributed by atoms with Crippen molar-refractivity contribution in [2.24, 2.45) is 0 Å². The molecule has 1 rings (SSSR count). The molecular weight excluding hydrogens is 178 g/mol. The molecule has 0 bridgehead atoms. The van der Waals surface area contributed by atoms with E-state index < -0.39 is 0 Å². The van der Waals surface area contributed by atoms with Crippen LogP contribution in [-0.2, 0) is 11.2 Å². The van der Waals surface area contributed by atoms with Gasteiger partial charge in [-0.2, -0.15) is 0 Å². The SMILES string of the molecule is CNCC(=O)CCc1cccc(O)c1. The zero-order chi connectivity index (χ0) is 10.4. The highest BCUT2D eigenvalue weighted by atomic mass is 16.3. The first-order chi connectivity index (χ1) is 6.72. The lowest BCUT2D eigenvalue weighted by atomic mass is 10.1. The molecule has 0 amide bonds. The standard InChI is InChI=1S/C11H15NO2/c1-12-8-11(14)6-5-9-3-2-4-10(13)7-9/h2-4,7,12-13H,5-6,8H2,1H3. The van der Waals surface area contributed by atoms with E-state index in [2.05, 4.69) is 5.32 Å². The summed E-state index contributed by atoms with van der Waals surface area (Å²) < 4.78 is 0. The van der Waals surface area contributed by atoms with E-state index in [-0.39, 0.29) is 11.5 Å². The van der Waals surface area contributed by atoms with Crippen LogP contribution < -0.4 is 5.32 Å². The van der Waals surface area contributed by atoms with E-state index in [1.54, 1.807) is 25.2 Å². The Balaban J connectivity index is 2.41. The second kappa shape index (κ2) is 5.40. The molecule has 2 N–H and O–H groups in total. The number of aryl methyl sites for hydroxylation is 1. The maximum atomic E-state index is 11.2. The lowest BCUT2D eigenvalue weighted by Crippen LogP contribution is -2.18. The van der Waals surface area contributed by atoms with Crippen molar-refractivity contribution < 1.29 is 9.90 Å². The van der Waals surface area contributed by atoms with E-state index in [0.717, 1.165) is 5.56 Å². The Hall–Kier alpha value is -1.35. The number of hydrogen-bond donors (Lipinski definition) is 2. The van der Waals surface area contributed by atoms with Crippen LogP contribution >= 0.6 is 0 Å². The predicted octanol–water partition coefficient (Wildman–Crippen LogP) is 1.11. The molecule has 0 aromatic heterocycles. The van der Waals surface area contributed by atoms with Gasteiger partial charge < -0.3 is 10.4 Å². The van der Waals surface area contributed by atoms with Gasteiger partial charge in [0, 0.05) is 6.42 Å². The van der Waals surface area contributed by atoms with Gasteiger partial charge in [-0.25, -0.2) is 0 Å². The number of ketones is 1. The summed E-state index contributed by atoms with van der Waals surface area (Å²) in [7, 11) is 1.76. The van der Waals surface area contributed by atoms with Gasteiger partial charge in [0.2, 0.25) is 0 Å². The Morgan fingerprint density at radius 3 is 2.93 bits per heavy atom. The molecule has 1 aromatic rings. The van der Waals surface area contributed by atoms with Gasteiger partial charge in [0.1, 0.15) is 11.5 Å². The van der Waals surface area contributed by atoms with Crippen LogP contribution in [0, 0.1) is 0 Å². The second-order valence-electron chi connectivity index (χ2n) is 3.24. The Morgan fingerprint density at radius 2 is 2.29 bits per heavy atom. The first-order valence-electron chi connectivity index (χ1n) is 4.66. The minimum Gasteiger partial charge on any atom is -0.508 e. The third-order valence-corrected chi connectivity index (χ3v) is 1.98. The van der Waals surface area contributed by atoms with E-state index in [1.807, 2.05) is 6.07 Å². The molecule has 1 aromatic carbocycles. The molecule has 0 spiro atoms. The van der Waals surface area contributed by atoms with Gasteiger partial charge in [-0.15, -0.1) is 0 Å². The fraction of sp³-hybridized carbons (Fsp3) is 0.364. The maximum Gasteiger partial charge on any atom is 0.146 e. The van der Waals surface area contributed by atoms with Crippen molar-refractivity contribution in [1.82, 2.24) is 5.32 Å². The number of aromatic hydroxyl groups is 1. The van der Waals surface area contributed by atoms with Crippen molar-refractivity contribution >= 4 is 5.78 Å². The van der Waals surface area contributed by atoms with Crippen molar-refractivity contribution in [1.29, 1.82) is 0 Å². The number of rotatable bonds is 5. The van der Waals surface area contributed by atoms with Gasteiger partial charge >= 0.3 is 0 Å². The first kappa shape index (κ1) is 10.7. The number of benzene rings is 1. The van der Waals surface area contributed by atoms with Crippen LogP contribution in [0.15, 0.2) is 24.3 Å². The van der Waals surface area contributed by atoms with Crippen LogP contribution in [-0.4, -0.2) is 24.5 Å². The Labute approximate surface area is 83.8 Å². The molecular formula is C11H15NO2. The normalized spacial score (nSPS) is 10.1. The van der Waals surface area contributed by atoms with Crippen molar-refractivity contribution in [2.45, 2.75) is 12.8 Å². The van der Waals surface area contributed by atoms with Crippen LogP contribution in [0.5, 0.6) is 5.75 Å². The van der Waals surface area contributed by atoms with Crippen molar-refractivity contribution in [3.63, 3.8) is 0 Å². The molecule has 0 aliphatic rings. The van der Waals surface area contributed by atoms with Gasteiger partial charge in [-0.05, 0) is 31.2 Å². The van der Waals surface area contributed by atoms with Gasteiger partial charge in [0.15, 0.2) is 0 Å². The first-order valence-corrected chi connectivity index (χ1v) is 4.66. The predicted molar refractivity (Wildman–Crippen MR) is 55.4 cm³/mol. The lowest BCUT2D eigenvalue weighted by Gasteiger charge is -2.01. The summed E-state index contributed by atoms with van der Waals surface area (Å²) in [4.78, 5) is 11.2. The summed E-state index contributed by atoms with van der Waals surface area (Å²) in [6.07, 6.45) is 1.21. The summed E-state index contributed by atoms with van der Waals surface area (Å²) in [6.45, 7) is 0.415. The topological polar surface area (TPSA) is 49.3 Å². The number of carbonyl (C=O) groups excluding carboxylic acids is 1. The molecule has 3 nitrogen and oxygen atoms in total. The Bertz CT molecular complexity index is 310. The fourth-order valence-electron chi connectivity index (χ4n) is 1.28. The summed E-state index contributed by atoms with van der Waals surface area (Å²) >= 11 is 0. The number of likely N-dealkylation sites (N-methyl/N-ethyl adjacent to an activating group) is 1. The highest BCUT2D eigenvalue weighted by Crippen LogP contribution is 2.12. The van der Waals surface area contributed by atoms with Crippen LogP contribution in [0.2, 0.25) is 0 Å². The largest absolute Gasteiger partial charge is 0.508 e. The molecule has 0 heterocycles. The summed E-state index contributed by atoms with van der Waals surface area (Å²) in [5, 5.41) is 12.0. The van der Waals surface area contributed by atoms with E-state index in [9.17, 15) is 9.90 Å². The van der Waals surface area contributed by atoms with Gasteiger partial charge in [-0.1, -0.05) is 12.1 Å². The number of carbonyl (C=O) groups is 1. The highest BCUT2D eigenvalue weighted by molar-refractivity contribution is 5.80. The van der Waals surface area contributed by atoms with Crippen LogP contribution in [0.25, 0.3) is 0 Å². The monoisotopic (exact) mass is 193 g/mol. The van der Waals surface area contributed by atoms with Gasteiger partial charge in [0.25, 0.3) is 0 Å². The molecule has 3 heteroatoms. The molecule has 0 aliphatic carbocycles. The second-order valence-corrected chi connectivity index (χ2v) is 3.24. The zero-order valence-electron chi connectivity index (χ0n) is 8.29. The number of Topliss-reactive ketones (excluding diaryl/α,β-unsaturated/α-hetero) is 1. The summed E-state index contributed by atoms with van der Waals surface area (Å²) in [6, 6.07) is 7.01. The lowest BCUT2D eigenvalue weighted by molar-refractivity contribution is -0.118. The maximum absolute atomic E-state index is 11.2. The molecule has 0 saturated heterocycles. The molecule has 76 valence electrons. The molecule has 0 atom stereocenters. The molecule has 0 radical (unpaired) electrons. The Morgan fingerprint density at radius 1 is 1.50 bits per heavy atom. The van der Waals surface area contributed by atoms with E-state index >= 15 is 0 Å². The number of phenolic OH excluding ortho intramolecular Hbond substituents is 1. The molecule has 0 fully saturated rings. The highest BCUT2D eigenvalue weighted by Gasteiger charge is 2.01. The quantitative estimate of drug-likeness (QED) is 0.736. The number of phenols is 1. The van der Waals surface area contributed by atoms with Crippen molar-refractivity contribution in [3.05, 3.63) is 29.8 Å². The Kier molecular flexibility index (Phi) is 4.13. The van der Waals surface area contributed by atoms with Crippen LogP contribution in [0.4, 0.5) is 0 Å². The average molecular weight is 193 g/mol. The molecule has 14 heavy (non-hydrogen) atoms. The molecule has 0 aliphatic heterocycles. The third kappa shape index (κ3) is 3.58. The molecule has 0 saturated carbocycles. The van der Waals surface area contributed by atoms with Gasteiger partial charge in [-0.3, -0.25) is 4.79 Å². The zero-order valence-corrected chi connectivity index (χ0v) is 8.29. The van der Waals surface area contributed by atoms with E-state index in [4.69, 9.17) is 0 Å².